The van der Waals surface area contributed by atoms with Crippen LogP contribution in [0.4, 0.5) is 5.69 Å². The third-order valence-electron chi connectivity index (χ3n) is 6.49. The Kier molecular flexibility index (Phi) is 6.81. The highest BCUT2D eigenvalue weighted by atomic mass is 32.2. The summed E-state index contributed by atoms with van der Waals surface area (Å²) in [6, 6.07) is 24.1. The van der Waals surface area contributed by atoms with Crippen molar-refractivity contribution in [2.75, 3.05) is 31.1 Å². The molecule has 3 aromatic carbocycles. The van der Waals surface area contributed by atoms with Crippen molar-refractivity contribution < 1.29 is 4.79 Å². The summed E-state index contributed by atoms with van der Waals surface area (Å²) in [5, 5.41) is 12.2. The highest BCUT2D eigenvalue weighted by Gasteiger charge is 2.25. The number of carbonyl (C=O) groups is 1. The van der Waals surface area contributed by atoms with Crippen LogP contribution in [-0.2, 0) is 5.75 Å². The summed E-state index contributed by atoms with van der Waals surface area (Å²) < 4.78 is 1.74. The van der Waals surface area contributed by atoms with Gasteiger partial charge in [-0.1, -0.05) is 42.5 Å². The van der Waals surface area contributed by atoms with Crippen molar-refractivity contribution in [1.29, 1.82) is 0 Å². The van der Waals surface area contributed by atoms with Gasteiger partial charge in [-0.3, -0.25) is 4.79 Å². The molecule has 35 heavy (non-hydrogen) atoms. The molecular formula is C27H28N6OS. The molecule has 4 aromatic rings. The molecule has 1 aliphatic heterocycles. The Balaban J connectivity index is 1.27. The third-order valence-corrected chi connectivity index (χ3v) is 7.56. The zero-order chi connectivity index (χ0) is 24.2. The van der Waals surface area contributed by atoms with Crippen LogP contribution in [0.25, 0.3) is 5.69 Å². The maximum atomic E-state index is 13.5. The van der Waals surface area contributed by atoms with Gasteiger partial charge in [0, 0.05) is 36.8 Å². The summed E-state index contributed by atoms with van der Waals surface area (Å²) in [7, 11) is 0. The average Bonchev–Trinajstić information content (AvgIpc) is 3.38. The Hall–Kier alpha value is -3.65. The molecule has 178 valence electrons. The monoisotopic (exact) mass is 484 g/mol. The van der Waals surface area contributed by atoms with E-state index in [2.05, 4.69) is 52.5 Å². The van der Waals surface area contributed by atoms with Crippen LogP contribution in [0, 0.1) is 13.8 Å². The number of tetrazole rings is 1. The Morgan fingerprint density at radius 2 is 1.63 bits per heavy atom. The molecule has 2 heterocycles. The standard InChI is InChI=1S/C27H28N6OS/c1-20-9-8-13-24(21(20)2)31-15-17-32(18-16-31)27(34)23-12-6-7-14-25(23)35-19-26-28-29-30-33(26)22-10-4-3-5-11-22/h3-14H,15-19H2,1-2H3. The molecule has 1 aromatic heterocycles. The number of anilines is 1. The lowest BCUT2D eigenvalue weighted by Gasteiger charge is -2.37. The van der Waals surface area contributed by atoms with Gasteiger partial charge in [-0.15, -0.1) is 16.9 Å². The number of hydrogen-bond donors (Lipinski definition) is 0. The second-order valence-electron chi connectivity index (χ2n) is 8.63. The van der Waals surface area contributed by atoms with Gasteiger partial charge in [0.25, 0.3) is 5.91 Å². The van der Waals surface area contributed by atoms with E-state index in [1.165, 1.54) is 16.8 Å². The first-order chi connectivity index (χ1) is 17.1. The van der Waals surface area contributed by atoms with Gasteiger partial charge >= 0.3 is 0 Å². The summed E-state index contributed by atoms with van der Waals surface area (Å²) in [6.07, 6.45) is 0. The number of rotatable bonds is 6. The lowest BCUT2D eigenvalue weighted by atomic mass is 10.1. The van der Waals surface area contributed by atoms with E-state index in [4.69, 9.17) is 0 Å². The molecule has 0 radical (unpaired) electrons. The number of benzene rings is 3. The smallest absolute Gasteiger partial charge is 0.255 e. The molecule has 0 aliphatic carbocycles. The summed E-state index contributed by atoms with van der Waals surface area (Å²) in [5.41, 5.74) is 5.52. The number of nitrogens with zero attached hydrogens (tertiary/aromatic N) is 6. The molecule has 1 aliphatic rings. The van der Waals surface area contributed by atoms with Crippen LogP contribution in [0.5, 0.6) is 0 Å². The van der Waals surface area contributed by atoms with Crippen molar-refractivity contribution in [2.24, 2.45) is 0 Å². The summed E-state index contributed by atoms with van der Waals surface area (Å²) >= 11 is 1.59. The number of piperazine rings is 1. The number of amides is 1. The molecular weight excluding hydrogens is 456 g/mol. The topological polar surface area (TPSA) is 67.2 Å². The number of carbonyl (C=O) groups excluding carboxylic acids is 1. The average molecular weight is 485 g/mol. The summed E-state index contributed by atoms with van der Waals surface area (Å²) in [5.74, 6) is 1.38. The van der Waals surface area contributed by atoms with Crippen molar-refractivity contribution >= 4 is 23.4 Å². The van der Waals surface area contributed by atoms with E-state index in [9.17, 15) is 4.79 Å². The number of aryl methyl sites for hydroxylation is 1. The first kappa shape index (κ1) is 23.1. The lowest BCUT2D eigenvalue weighted by Crippen LogP contribution is -2.49. The van der Waals surface area contributed by atoms with Gasteiger partial charge in [0.2, 0.25) is 0 Å². The van der Waals surface area contributed by atoms with E-state index >= 15 is 0 Å². The highest BCUT2D eigenvalue weighted by molar-refractivity contribution is 7.98. The fourth-order valence-electron chi connectivity index (χ4n) is 4.38. The third kappa shape index (κ3) is 4.93. The Labute approximate surface area is 209 Å². The van der Waals surface area contributed by atoms with Gasteiger partial charge in [0.1, 0.15) is 0 Å². The van der Waals surface area contributed by atoms with Crippen molar-refractivity contribution in [3.05, 3.63) is 95.3 Å². The molecule has 1 amide bonds. The van der Waals surface area contributed by atoms with Gasteiger partial charge < -0.3 is 9.80 Å². The van der Waals surface area contributed by atoms with E-state index in [1.807, 2.05) is 59.5 Å². The number of hydrogen-bond acceptors (Lipinski definition) is 6. The number of aromatic nitrogens is 4. The number of thioether (sulfide) groups is 1. The van der Waals surface area contributed by atoms with Crippen LogP contribution in [0.15, 0.2) is 77.7 Å². The first-order valence-corrected chi connectivity index (χ1v) is 12.8. The Morgan fingerprint density at radius 3 is 2.43 bits per heavy atom. The minimum absolute atomic E-state index is 0.0800. The molecule has 1 saturated heterocycles. The number of para-hydroxylation sites is 1. The molecule has 1 fully saturated rings. The van der Waals surface area contributed by atoms with E-state index in [0.29, 0.717) is 18.8 Å². The van der Waals surface area contributed by atoms with Crippen LogP contribution in [0.3, 0.4) is 0 Å². The molecule has 5 rings (SSSR count). The van der Waals surface area contributed by atoms with Crippen molar-refractivity contribution in [3.8, 4) is 5.69 Å². The minimum atomic E-state index is 0.0800. The van der Waals surface area contributed by atoms with E-state index in [-0.39, 0.29) is 5.91 Å². The normalized spacial score (nSPS) is 13.8. The first-order valence-electron chi connectivity index (χ1n) is 11.8. The van der Waals surface area contributed by atoms with E-state index < -0.39 is 0 Å². The van der Waals surface area contributed by atoms with Crippen molar-refractivity contribution in [1.82, 2.24) is 25.1 Å². The Bertz CT molecular complexity index is 1310. The summed E-state index contributed by atoms with van der Waals surface area (Å²) in [4.78, 5) is 18.8. The Morgan fingerprint density at radius 1 is 0.886 bits per heavy atom. The van der Waals surface area contributed by atoms with Gasteiger partial charge in [0.15, 0.2) is 5.82 Å². The second-order valence-corrected chi connectivity index (χ2v) is 9.64. The quantitative estimate of drug-likeness (QED) is 0.375. The van der Waals surface area contributed by atoms with E-state index in [1.54, 1.807) is 16.4 Å². The van der Waals surface area contributed by atoms with Crippen LogP contribution in [-0.4, -0.2) is 57.2 Å². The zero-order valence-corrected chi connectivity index (χ0v) is 20.8. The fourth-order valence-corrected chi connectivity index (χ4v) is 5.33. The molecule has 0 atom stereocenters. The van der Waals surface area contributed by atoms with Gasteiger partial charge in [-0.05, 0) is 65.7 Å². The maximum Gasteiger partial charge on any atom is 0.255 e. The van der Waals surface area contributed by atoms with Crippen molar-refractivity contribution in [2.45, 2.75) is 24.5 Å². The van der Waals surface area contributed by atoms with Crippen molar-refractivity contribution in [3.63, 3.8) is 0 Å². The minimum Gasteiger partial charge on any atom is -0.368 e. The predicted octanol–water partition coefficient (Wildman–Crippen LogP) is 4.53. The predicted molar refractivity (Wildman–Crippen MR) is 139 cm³/mol. The van der Waals surface area contributed by atoms with Crippen LogP contribution in [0.1, 0.15) is 27.3 Å². The molecule has 0 spiro atoms. The van der Waals surface area contributed by atoms with Gasteiger partial charge in [0.05, 0.1) is 17.0 Å². The van der Waals surface area contributed by atoms with Crippen LogP contribution in [0.2, 0.25) is 0 Å². The molecule has 0 saturated carbocycles. The van der Waals surface area contributed by atoms with Gasteiger partial charge in [-0.2, -0.15) is 4.68 Å². The lowest BCUT2D eigenvalue weighted by molar-refractivity contribution is 0.0743. The molecule has 8 heteroatoms. The SMILES string of the molecule is Cc1cccc(N2CCN(C(=O)c3ccccc3SCc3nnnn3-c3ccccc3)CC2)c1C. The van der Waals surface area contributed by atoms with Crippen LogP contribution >= 0.6 is 11.8 Å². The molecule has 0 N–H and O–H groups in total. The molecule has 0 unspecified atom stereocenters. The molecule has 0 bridgehead atoms. The highest BCUT2D eigenvalue weighted by Crippen LogP contribution is 2.28. The van der Waals surface area contributed by atoms with Crippen LogP contribution < -0.4 is 4.90 Å². The maximum absolute atomic E-state index is 13.5. The second kappa shape index (κ2) is 10.3. The largest absolute Gasteiger partial charge is 0.368 e. The van der Waals surface area contributed by atoms with Gasteiger partial charge in [-0.25, -0.2) is 0 Å². The zero-order valence-electron chi connectivity index (χ0n) is 20.0. The summed E-state index contributed by atoms with van der Waals surface area (Å²) in [6.45, 7) is 7.39. The molecule has 7 nitrogen and oxygen atoms in total. The fraction of sp³-hybridized carbons (Fsp3) is 0.259. The van der Waals surface area contributed by atoms with E-state index in [0.717, 1.165) is 35.1 Å².